The second-order valence-corrected chi connectivity index (χ2v) is 18.4. The van der Waals surface area contributed by atoms with Crippen LogP contribution in [0.25, 0.3) is 0 Å². The van der Waals surface area contributed by atoms with Crippen molar-refractivity contribution < 1.29 is 32.4 Å². The van der Waals surface area contributed by atoms with E-state index in [-0.39, 0.29) is 42.5 Å². The molecule has 5 amide bonds. The Hall–Kier alpha value is -3.00. The van der Waals surface area contributed by atoms with Crippen molar-refractivity contribution in [3.05, 3.63) is 12.7 Å². The third-order valence-electron chi connectivity index (χ3n) is 10.2. The number of rotatable bonds is 14. The fraction of sp³-hybridized carbons (Fsp3) is 0.794. The Balaban J connectivity index is 1.83. The highest BCUT2D eigenvalue weighted by molar-refractivity contribution is 7.89. The highest BCUT2D eigenvalue weighted by Crippen LogP contribution is 2.65. The van der Waals surface area contributed by atoms with E-state index in [0.29, 0.717) is 25.9 Å². The Kier molecular flexibility index (Phi) is 12.2. The molecule has 0 bridgehead atoms. The molecule has 2 aliphatic heterocycles. The molecule has 4 N–H and O–H groups in total. The van der Waals surface area contributed by atoms with E-state index in [2.05, 4.69) is 27.8 Å². The van der Waals surface area contributed by atoms with Crippen LogP contribution in [-0.2, 0) is 29.2 Å². The SMILES string of the molecule is C=CCNC(=O)C(=O)C(CCCC)NC(=O)C1[C@@H]2[C@H](CN1C(=O)[C@@H](NC(=O)N[C@H](CN1CCCS1(=O)=O)C(C)(C)C)C(C)(C)C)C2(C)C. The van der Waals surface area contributed by atoms with Crippen molar-refractivity contribution in [3.8, 4) is 0 Å². The minimum absolute atomic E-state index is 0.0556. The maximum Gasteiger partial charge on any atom is 0.315 e. The Bertz CT molecular complexity index is 1370. The largest absolute Gasteiger partial charge is 0.346 e. The van der Waals surface area contributed by atoms with Crippen molar-refractivity contribution in [2.75, 3.05) is 31.9 Å². The number of unbranched alkanes of at least 4 members (excludes halogenated alkanes) is 1. The van der Waals surface area contributed by atoms with E-state index < -0.39 is 74.6 Å². The fourth-order valence-electron chi connectivity index (χ4n) is 6.94. The van der Waals surface area contributed by atoms with Crippen LogP contribution in [0.1, 0.15) is 88.0 Å². The number of Topliss-reactive ketones (excluding diaryl/α,β-unsaturated/α-hetero) is 1. The summed E-state index contributed by atoms with van der Waals surface area (Å²) in [5.41, 5.74) is -1.45. The number of fused-ring (bicyclic) bond motifs is 1. The third kappa shape index (κ3) is 8.96. The van der Waals surface area contributed by atoms with Crippen molar-refractivity contribution in [2.45, 2.75) is 112 Å². The van der Waals surface area contributed by atoms with E-state index >= 15 is 0 Å². The summed E-state index contributed by atoms with van der Waals surface area (Å²) in [6.07, 6.45) is 3.64. The summed E-state index contributed by atoms with van der Waals surface area (Å²) in [5.74, 6) is -2.49. The molecule has 13 nitrogen and oxygen atoms in total. The van der Waals surface area contributed by atoms with Crippen LogP contribution in [0, 0.1) is 28.1 Å². The van der Waals surface area contributed by atoms with Gasteiger partial charge in [0.25, 0.3) is 5.91 Å². The normalized spacial score (nSPS) is 24.9. The zero-order valence-electron chi connectivity index (χ0n) is 30.3. The van der Waals surface area contributed by atoms with Crippen LogP contribution >= 0.6 is 0 Å². The maximum absolute atomic E-state index is 14.4. The Morgan fingerprint density at radius 1 is 1.00 bits per heavy atom. The van der Waals surface area contributed by atoms with Gasteiger partial charge in [0.15, 0.2) is 0 Å². The minimum atomic E-state index is -3.39. The van der Waals surface area contributed by atoms with E-state index in [0.717, 1.165) is 6.42 Å². The summed E-state index contributed by atoms with van der Waals surface area (Å²) < 4.78 is 26.4. The van der Waals surface area contributed by atoms with E-state index in [1.54, 1.807) is 0 Å². The van der Waals surface area contributed by atoms with Gasteiger partial charge in [0.1, 0.15) is 12.1 Å². The molecule has 0 aromatic heterocycles. The van der Waals surface area contributed by atoms with Gasteiger partial charge in [-0.2, -0.15) is 4.31 Å². The molecule has 14 heteroatoms. The van der Waals surface area contributed by atoms with Crippen molar-refractivity contribution in [1.82, 2.24) is 30.5 Å². The Morgan fingerprint density at radius 3 is 2.17 bits per heavy atom. The lowest BCUT2D eigenvalue weighted by molar-refractivity contribution is -0.145. The predicted octanol–water partition coefficient (Wildman–Crippen LogP) is 2.18. The molecular formula is C34H58N6O7S. The Labute approximate surface area is 286 Å². The number of urea groups is 1. The number of hydrogen-bond acceptors (Lipinski definition) is 7. The van der Waals surface area contributed by atoms with Crippen molar-refractivity contribution >= 4 is 39.6 Å². The average Bonchev–Trinajstić information content (AvgIpc) is 3.26. The summed E-state index contributed by atoms with van der Waals surface area (Å²) in [6.45, 7) is 21.7. The summed E-state index contributed by atoms with van der Waals surface area (Å²) >= 11 is 0. The first-order valence-electron chi connectivity index (χ1n) is 17.2. The topological polar surface area (TPSA) is 174 Å². The Morgan fingerprint density at radius 2 is 1.65 bits per heavy atom. The maximum atomic E-state index is 14.4. The molecule has 0 aromatic rings. The highest BCUT2D eigenvalue weighted by Gasteiger charge is 2.70. The molecule has 48 heavy (non-hydrogen) atoms. The van der Waals surface area contributed by atoms with Gasteiger partial charge in [-0.3, -0.25) is 19.2 Å². The lowest BCUT2D eigenvalue weighted by Gasteiger charge is -2.39. The van der Waals surface area contributed by atoms with Crippen molar-refractivity contribution in [1.29, 1.82) is 0 Å². The van der Waals surface area contributed by atoms with Crippen LogP contribution in [-0.4, -0.2) is 103 Å². The molecule has 3 fully saturated rings. The third-order valence-corrected chi connectivity index (χ3v) is 12.1. The molecule has 0 spiro atoms. The van der Waals surface area contributed by atoms with Crippen LogP contribution < -0.4 is 21.3 Å². The molecular weight excluding hydrogens is 636 g/mol. The van der Waals surface area contributed by atoms with Crippen LogP contribution in [0.5, 0.6) is 0 Å². The molecule has 0 aromatic carbocycles. The molecule has 3 aliphatic rings. The first kappa shape index (κ1) is 39.4. The van der Waals surface area contributed by atoms with Gasteiger partial charge in [0.05, 0.1) is 11.8 Å². The van der Waals surface area contributed by atoms with Gasteiger partial charge >= 0.3 is 6.03 Å². The number of amides is 5. The van der Waals surface area contributed by atoms with Crippen LogP contribution in [0.3, 0.4) is 0 Å². The number of nitrogens with zero attached hydrogens (tertiary/aromatic N) is 2. The van der Waals surface area contributed by atoms with Gasteiger partial charge in [-0.15, -0.1) is 6.58 Å². The smallest absolute Gasteiger partial charge is 0.315 e. The zero-order valence-corrected chi connectivity index (χ0v) is 31.1. The van der Waals surface area contributed by atoms with Gasteiger partial charge in [-0.1, -0.05) is 81.2 Å². The first-order chi connectivity index (χ1) is 22.1. The van der Waals surface area contributed by atoms with Gasteiger partial charge in [0.2, 0.25) is 27.6 Å². The van der Waals surface area contributed by atoms with Crippen LogP contribution in [0.15, 0.2) is 12.7 Å². The number of nitrogens with one attached hydrogen (secondary N) is 4. The van der Waals surface area contributed by atoms with Crippen LogP contribution in [0.4, 0.5) is 4.79 Å². The average molecular weight is 695 g/mol. The van der Waals surface area contributed by atoms with E-state index in [9.17, 15) is 32.4 Å². The molecule has 272 valence electrons. The molecule has 2 unspecified atom stereocenters. The van der Waals surface area contributed by atoms with E-state index in [4.69, 9.17) is 0 Å². The van der Waals surface area contributed by atoms with Crippen molar-refractivity contribution in [2.24, 2.45) is 28.1 Å². The summed E-state index contributed by atoms with van der Waals surface area (Å²) in [6, 6.07) is -4.10. The summed E-state index contributed by atoms with van der Waals surface area (Å²) in [5, 5.41) is 11.1. The minimum Gasteiger partial charge on any atom is -0.346 e. The summed E-state index contributed by atoms with van der Waals surface area (Å²) in [4.78, 5) is 69.0. The quantitative estimate of drug-likeness (QED) is 0.159. The highest BCUT2D eigenvalue weighted by atomic mass is 32.2. The number of likely N-dealkylation sites (tertiary alicyclic amines) is 1. The zero-order chi connectivity index (χ0) is 36.4. The second kappa shape index (κ2) is 14.9. The number of carbonyl (C=O) groups is 5. The first-order valence-corrected chi connectivity index (χ1v) is 18.8. The van der Waals surface area contributed by atoms with Gasteiger partial charge in [-0.25, -0.2) is 13.2 Å². The fourth-order valence-corrected chi connectivity index (χ4v) is 8.47. The lowest BCUT2D eigenvalue weighted by Crippen LogP contribution is -2.62. The molecule has 1 aliphatic carbocycles. The monoisotopic (exact) mass is 694 g/mol. The molecule has 2 heterocycles. The predicted molar refractivity (Wildman–Crippen MR) is 184 cm³/mol. The number of carbonyl (C=O) groups excluding carboxylic acids is 5. The second-order valence-electron chi connectivity index (χ2n) is 16.3. The van der Waals surface area contributed by atoms with Crippen molar-refractivity contribution in [3.63, 3.8) is 0 Å². The van der Waals surface area contributed by atoms with E-state index in [1.807, 2.05) is 62.3 Å². The molecule has 6 atom stereocenters. The molecule has 1 saturated carbocycles. The summed E-state index contributed by atoms with van der Waals surface area (Å²) in [7, 11) is -3.39. The van der Waals surface area contributed by atoms with Crippen LogP contribution in [0.2, 0.25) is 0 Å². The molecule has 0 radical (unpaired) electrons. The standard InChI is InChI=1S/C34H58N6O7S/c1-11-13-15-22(26(41)29(43)35-16-12-2)36-28(42)25-24-21(34(24,9)10)19-40(25)30(44)27(33(6,7)8)38-31(45)37-23(32(3,4)5)20-39-17-14-18-48(39,46)47/h12,21-25,27H,2,11,13-20H2,1,3-10H3,(H,35,43)(H,36,42)(H2,37,38,45)/t21-,22?,23+,24-,25?,27+/m0/s1. The number of sulfonamides is 1. The molecule has 3 rings (SSSR count). The van der Waals surface area contributed by atoms with Gasteiger partial charge in [-0.05, 0) is 40.9 Å². The van der Waals surface area contributed by atoms with Gasteiger partial charge in [0, 0.05) is 32.2 Å². The number of hydrogen-bond donors (Lipinski definition) is 4. The number of ketones is 1. The lowest BCUT2D eigenvalue weighted by atomic mass is 9.85. The van der Waals surface area contributed by atoms with E-state index in [1.165, 1.54) is 15.3 Å². The van der Waals surface area contributed by atoms with Gasteiger partial charge < -0.3 is 26.2 Å². The number of piperidine rings is 1. The molecule has 2 saturated heterocycles.